The van der Waals surface area contributed by atoms with Gasteiger partial charge in [0.25, 0.3) is 0 Å². The van der Waals surface area contributed by atoms with Crippen LogP contribution in [0.1, 0.15) is 19.8 Å². The molecule has 0 heterocycles. The summed E-state index contributed by atoms with van der Waals surface area (Å²) in [6.07, 6.45) is 3.95. The quantitative estimate of drug-likeness (QED) is 0.469. The highest BCUT2D eigenvalue weighted by atomic mass is 28.3. The Morgan fingerprint density at radius 2 is 2.25 bits per heavy atom. The van der Waals surface area contributed by atoms with Gasteiger partial charge in [0.1, 0.15) is 0 Å². The summed E-state index contributed by atoms with van der Waals surface area (Å²) in [7, 11) is -1.25. The predicted molar refractivity (Wildman–Crippen MR) is 66.5 cm³/mol. The molecule has 0 bridgehead atoms. The number of esters is 1. The number of rotatable bonds is 3. The normalized spacial score (nSPS) is 21.7. The molecule has 0 aliphatic heterocycles. The first-order valence-corrected chi connectivity index (χ1v) is 9.28. The lowest BCUT2D eigenvalue weighted by molar-refractivity contribution is -0.137. The molecular weight excluding hydrogens is 220 g/mol. The summed E-state index contributed by atoms with van der Waals surface area (Å²) < 4.78 is 5.17. The minimum absolute atomic E-state index is 0.0163. The molecule has 0 radical (unpaired) electrons. The van der Waals surface area contributed by atoms with E-state index >= 15 is 0 Å². The summed E-state index contributed by atoms with van der Waals surface area (Å²) in [5.41, 5.74) is 0.525. The van der Waals surface area contributed by atoms with Crippen molar-refractivity contribution in [2.75, 3.05) is 6.61 Å². The van der Waals surface area contributed by atoms with Crippen LogP contribution in [0.15, 0.2) is 11.8 Å². The van der Waals surface area contributed by atoms with Crippen LogP contribution in [0, 0.1) is 5.92 Å². The molecule has 0 unspecified atom stereocenters. The van der Waals surface area contributed by atoms with Gasteiger partial charge in [-0.25, -0.2) is 0 Å². The van der Waals surface area contributed by atoms with Gasteiger partial charge in [-0.15, -0.1) is 5.92 Å². The van der Waals surface area contributed by atoms with E-state index in [9.17, 15) is 9.90 Å². The van der Waals surface area contributed by atoms with Gasteiger partial charge in [-0.3, -0.25) is 4.79 Å². The van der Waals surface area contributed by atoms with Crippen LogP contribution in [0.25, 0.3) is 0 Å². The van der Waals surface area contributed by atoms with Crippen molar-refractivity contribution in [3.05, 3.63) is 17.8 Å². The Hall–Kier alpha value is -0.743. The van der Waals surface area contributed by atoms with Crippen molar-refractivity contribution in [1.82, 2.24) is 0 Å². The average Bonchev–Trinajstić information content (AvgIpc) is 2.15. The van der Waals surface area contributed by atoms with Crippen molar-refractivity contribution in [1.29, 1.82) is 0 Å². The van der Waals surface area contributed by atoms with Crippen molar-refractivity contribution in [3.8, 4) is 0 Å². The van der Waals surface area contributed by atoms with Gasteiger partial charge >= 0.3 is 5.97 Å². The molecule has 1 N–H and O–H groups in total. The standard InChI is InChI=1S/C12H21O3Si/c1-9(14)15-12-7-11(16(2,3)4)6-5-10(12)8-13/h7,11,13H,5-6,8H2,1-4H3/q-1/t11-/m0/s1. The van der Waals surface area contributed by atoms with E-state index in [0.717, 1.165) is 18.8 Å². The van der Waals surface area contributed by atoms with Crippen molar-refractivity contribution in [2.45, 2.75) is 44.9 Å². The monoisotopic (exact) mass is 241 g/mol. The maximum absolute atomic E-state index is 11.0. The van der Waals surface area contributed by atoms with Crippen LogP contribution in [0.2, 0.25) is 25.2 Å². The maximum atomic E-state index is 11.0. The van der Waals surface area contributed by atoms with E-state index in [1.807, 2.05) is 6.08 Å². The lowest BCUT2D eigenvalue weighted by atomic mass is 9.94. The van der Waals surface area contributed by atoms with E-state index in [2.05, 4.69) is 19.6 Å². The highest BCUT2D eigenvalue weighted by Crippen LogP contribution is 2.39. The Balaban J connectivity index is 2.86. The largest absolute Gasteiger partial charge is 0.466 e. The van der Waals surface area contributed by atoms with Crippen LogP contribution in [0.3, 0.4) is 0 Å². The fourth-order valence-electron chi connectivity index (χ4n) is 1.94. The van der Waals surface area contributed by atoms with Gasteiger partial charge in [0, 0.05) is 21.6 Å². The van der Waals surface area contributed by atoms with Gasteiger partial charge < -0.3 is 9.84 Å². The second kappa shape index (κ2) is 5.06. The first-order valence-electron chi connectivity index (χ1n) is 5.70. The van der Waals surface area contributed by atoms with Crippen LogP contribution in [0.4, 0.5) is 0 Å². The molecule has 1 atom stereocenters. The van der Waals surface area contributed by atoms with Crippen molar-refractivity contribution >= 4 is 14.0 Å². The Morgan fingerprint density at radius 1 is 1.62 bits per heavy atom. The number of carbonyl (C=O) groups is 1. The Bertz CT molecular complexity index is 291. The molecule has 0 saturated heterocycles. The lowest BCUT2D eigenvalue weighted by Gasteiger charge is -2.40. The third kappa shape index (κ3) is 3.38. The summed E-state index contributed by atoms with van der Waals surface area (Å²) in [6.45, 7) is 8.31. The summed E-state index contributed by atoms with van der Waals surface area (Å²) in [5.74, 6) is 1.15. The van der Waals surface area contributed by atoms with Gasteiger partial charge in [0.15, 0.2) is 0 Å². The molecule has 0 spiro atoms. The molecule has 4 heteroatoms. The fourth-order valence-corrected chi connectivity index (χ4v) is 3.60. The summed E-state index contributed by atoms with van der Waals surface area (Å²) >= 11 is 0. The van der Waals surface area contributed by atoms with Crippen LogP contribution in [-0.4, -0.2) is 25.8 Å². The number of aliphatic hydroxyl groups excluding tert-OH is 1. The van der Waals surface area contributed by atoms with Gasteiger partial charge in [-0.2, -0.15) is 6.08 Å². The molecule has 0 amide bonds. The van der Waals surface area contributed by atoms with Crippen LogP contribution >= 0.6 is 0 Å². The Kier molecular flexibility index (Phi) is 4.21. The Morgan fingerprint density at radius 3 is 2.69 bits per heavy atom. The summed E-state index contributed by atoms with van der Waals surface area (Å²) in [6, 6.07) is 0. The van der Waals surface area contributed by atoms with E-state index in [1.165, 1.54) is 6.92 Å². The molecule has 0 aromatic rings. The minimum Gasteiger partial charge on any atom is -0.466 e. The van der Waals surface area contributed by atoms with E-state index in [4.69, 9.17) is 4.74 Å². The highest BCUT2D eigenvalue weighted by molar-refractivity contribution is 6.78. The van der Waals surface area contributed by atoms with Crippen molar-refractivity contribution in [2.24, 2.45) is 0 Å². The zero-order valence-electron chi connectivity index (χ0n) is 10.5. The van der Waals surface area contributed by atoms with Gasteiger partial charge in [-0.1, -0.05) is 38.0 Å². The molecule has 0 aromatic heterocycles. The van der Waals surface area contributed by atoms with E-state index in [0.29, 0.717) is 11.3 Å². The Labute approximate surface area is 98.5 Å². The number of ether oxygens (including phenoxy) is 1. The highest BCUT2D eigenvalue weighted by Gasteiger charge is 2.25. The van der Waals surface area contributed by atoms with Crippen molar-refractivity contribution < 1.29 is 14.6 Å². The topological polar surface area (TPSA) is 46.5 Å². The smallest absolute Gasteiger partial charge is 0.305 e. The van der Waals surface area contributed by atoms with E-state index in [-0.39, 0.29) is 12.6 Å². The zero-order valence-corrected chi connectivity index (χ0v) is 11.5. The minimum atomic E-state index is -1.25. The molecule has 1 rings (SSSR count). The molecule has 0 fully saturated rings. The number of hydrogen-bond donors (Lipinski definition) is 1. The van der Waals surface area contributed by atoms with Crippen LogP contribution in [-0.2, 0) is 9.53 Å². The molecule has 1 aliphatic rings. The molecule has 16 heavy (non-hydrogen) atoms. The number of carbonyl (C=O) groups excluding carboxylic acids is 1. The second-order valence-electron chi connectivity index (χ2n) is 5.40. The average molecular weight is 241 g/mol. The number of aliphatic hydroxyl groups is 1. The molecule has 3 nitrogen and oxygen atoms in total. The third-order valence-corrected chi connectivity index (χ3v) is 5.70. The van der Waals surface area contributed by atoms with Crippen LogP contribution < -0.4 is 0 Å². The number of hydrogen-bond acceptors (Lipinski definition) is 3. The fraction of sp³-hybridized carbons (Fsp3) is 0.667. The van der Waals surface area contributed by atoms with Gasteiger partial charge in [0.2, 0.25) is 0 Å². The zero-order chi connectivity index (χ0) is 12.3. The SMILES string of the molecule is CC(=O)OC1=C[C@@H]([Si](C)(C)C)CC[C-]1CO. The molecular formula is C12H21O3Si-. The summed E-state index contributed by atoms with van der Waals surface area (Å²) in [4.78, 5) is 11.0. The van der Waals surface area contributed by atoms with Crippen molar-refractivity contribution in [3.63, 3.8) is 0 Å². The second-order valence-corrected chi connectivity index (χ2v) is 10.9. The predicted octanol–water partition coefficient (Wildman–Crippen LogP) is 2.50. The molecule has 0 aromatic carbocycles. The molecule has 92 valence electrons. The van der Waals surface area contributed by atoms with E-state index in [1.54, 1.807) is 0 Å². The number of allylic oxidation sites excluding steroid dienone is 1. The van der Waals surface area contributed by atoms with Crippen LogP contribution in [0.5, 0.6) is 0 Å². The third-order valence-electron chi connectivity index (χ3n) is 3.02. The molecule has 0 saturated carbocycles. The molecule has 1 aliphatic carbocycles. The van der Waals surface area contributed by atoms with E-state index < -0.39 is 8.07 Å². The first kappa shape index (κ1) is 13.3. The maximum Gasteiger partial charge on any atom is 0.305 e. The lowest BCUT2D eigenvalue weighted by Crippen LogP contribution is -2.31. The van der Waals surface area contributed by atoms with Gasteiger partial charge in [0.05, 0.1) is 0 Å². The first-order chi connectivity index (χ1) is 7.34. The van der Waals surface area contributed by atoms with Gasteiger partial charge in [-0.05, 0) is 5.76 Å². The summed E-state index contributed by atoms with van der Waals surface area (Å²) in [5, 5.41) is 9.21.